The number of aromatic nitrogens is 6. The van der Waals surface area contributed by atoms with Gasteiger partial charge in [0.25, 0.3) is 11.7 Å². The molecule has 4 heterocycles. The Bertz CT molecular complexity index is 1410. The summed E-state index contributed by atoms with van der Waals surface area (Å²) in [4.78, 5) is 29.0. The number of carbonyl (C=O) groups is 1. The quantitative estimate of drug-likeness (QED) is 0.478. The van der Waals surface area contributed by atoms with E-state index in [0.29, 0.717) is 17.4 Å². The molecule has 1 N–H and O–H groups in total. The zero-order chi connectivity index (χ0) is 21.4. The Hall–Kier alpha value is -4.47. The van der Waals surface area contributed by atoms with Crippen LogP contribution in [0.4, 0.5) is 10.1 Å². The van der Waals surface area contributed by atoms with Gasteiger partial charge < -0.3 is 9.73 Å². The highest BCUT2D eigenvalue weighted by Gasteiger charge is 2.16. The largest absolute Gasteiger partial charge is 0.436 e. The topological polar surface area (TPSA) is 111 Å². The third-order valence-corrected chi connectivity index (χ3v) is 4.46. The van der Waals surface area contributed by atoms with Crippen molar-refractivity contribution in [3.63, 3.8) is 0 Å². The average Bonchev–Trinajstić information content (AvgIpc) is 3.41. The number of pyridine rings is 1. The Morgan fingerprint density at radius 2 is 2.03 bits per heavy atom. The van der Waals surface area contributed by atoms with Crippen LogP contribution in [0.25, 0.3) is 28.4 Å². The van der Waals surface area contributed by atoms with Crippen molar-refractivity contribution in [2.24, 2.45) is 0 Å². The molecule has 0 fully saturated rings. The first kappa shape index (κ1) is 18.6. The monoisotopic (exact) mass is 415 g/mol. The van der Waals surface area contributed by atoms with Gasteiger partial charge in [-0.3, -0.25) is 9.78 Å². The summed E-state index contributed by atoms with van der Waals surface area (Å²) in [5, 5.41) is 6.99. The van der Waals surface area contributed by atoms with Crippen LogP contribution in [0, 0.1) is 12.7 Å². The van der Waals surface area contributed by atoms with Gasteiger partial charge in [0.05, 0.1) is 17.5 Å². The van der Waals surface area contributed by atoms with E-state index >= 15 is 0 Å². The zero-order valence-corrected chi connectivity index (χ0v) is 16.2. The van der Waals surface area contributed by atoms with Crippen molar-refractivity contribution in [3.8, 4) is 22.6 Å². The van der Waals surface area contributed by atoms with E-state index < -0.39 is 11.7 Å². The van der Waals surface area contributed by atoms with E-state index in [1.807, 2.05) is 18.2 Å². The molecule has 5 rings (SSSR count). The fourth-order valence-corrected chi connectivity index (χ4v) is 3.00. The van der Waals surface area contributed by atoms with Crippen molar-refractivity contribution >= 4 is 17.4 Å². The van der Waals surface area contributed by atoms with Crippen molar-refractivity contribution in [2.75, 3.05) is 5.32 Å². The van der Waals surface area contributed by atoms with Gasteiger partial charge in [-0.25, -0.2) is 18.9 Å². The first-order valence-corrected chi connectivity index (χ1v) is 9.24. The number of fused-ring (bicyclic) bond motifs is 1. The Morgan fingerprint density at radius 1 is 1.13 bits per heavy atom. The van der Waals surface area contributed by atoms with Crippen LogP contribution in [0.5, 0.6) is 0 Å². The summed E-state index contributed by atoms with van der Waals surface area (Å²) in [6.45, 7) is 1.63. The Morgan fingerprint density at radius 3 is 2.81 bits per heavy atom. The summed E-state index contributed by atoms with van der Waals surface area (Å²) >= 11 is 0. The minimum absolute atomic E-state index is 0.0560. The van der Waals surface area contributed by atoms with Crippen molar-refractivity contribution in [3.05, 3.63) is 78.7 Å². The Kier molecular flexibility index (Phi) is 4.43. The summed E-state index contributed by atoms with van der Waals surface area (Å²) in [6, 6.07) is 9.66. The number of aryl methyl sites for hydroxylation is 1. The molecule has 0 aliphatic heterocycles. The first-order chi connectivity index (χ1) is 15.1. The van der Waals surface area contributed by atoms with Crippen molar-refractivity contribution in [1.29, 1.82) is 0 Å². The smallest absolute Gasteiger partial charge is 0.293 e. The molecule has 0 saturated carbocycles. The van der Waals surface area contributed by atoms with Gasteiger partial charge in [0.2, 0.25) is 5.76 Å². The minimum atomic E-state index is -0.533. The van der Waals surface area contributed by atoms with Gasteiger partial charge in [-0.05, 0) is 30.3 Å². The maximum Gasteiger partial charge on any atom is 0.293 e. The summed E-state index contributed by atoms with van der Waals surface area (Å²) in [5.41, 5.74) is 1.95. The van der Waals surface area contributed by atoms with Crippen LogP contribution in [0.3, 0.4) is 0 Å². The number of rotatable bonds is 4. The lowest BCUT2D eigenvalue weighted by Gasteiger charge is -2.05. The number of nitrogens with one attached hydrogen (secondary N) is 1. The lowest BCUT2D eigenvalue weighted by Crippen LogP contribution is -2.11. The molecule has 0 radical (unpaired) electrons. The van der Waals surface area contributed by atoms with Gasteiger partial charge in [-0.1, -0.05) is 6.07 Å². The van der Waals surface area contributed by atoms with Crippen LogP contribution in [0.2, 0.25) is 0 Å². The number of oxazole rings is 1. The molecule has 152 valence electrons. The molecule has 0 bridgehead atoms. The number of anilines is 1. The van der Waals surface area contributed by atoms with E-state index in [9.17, 15) is 9.18 Å². The zero-order valence-electron chi connectivity index (χ0n) is 16.2. The number of hydrogen-bond donors (Lipinski definition) is 1. The van der Waals surface area contributed by atoms with Crippen LogP contribution in [-0.2, 0) is 0 Å². The molecule has 5 aromatic rings. The highest BCUT2D eigenvalue weighted by atomic mass is 19.1. The van der Waals surface area contributed by atoms with Gasteiger partial charge in [0, 0.05) is 36.8 Å². The van der Waals surface area contributed by atoms with Crippen LogP contribution in [0.15, 0.2) is 65.6 Å². The molecule has 0 unspecified atom stereocenters. The van der Waals surface area contributed by atoms with Crippen molar-refractivity contribution in [2.45, 2.75) is 6.92 Å². The number of halogens is 1. The lowest BCUT2D eigenvalue weighted by atomic mass is 10.1. The van der Waals surface area contributed by atoms with Crippen LogP contribution < -0.4 is 5.32 Å². The van der Waals surface area contributed by atoms with Crippen molar-refractivity contribution < 1.29 is 13.6 Å². The van der Waals surface area contributed by atoms with Gasteiger partial charge in [-0.15, -0.1) is 5.10 Å². The van der Waals surface area contributed by atoms with E-state index in [1.54, 1.807) is 25.5 Å². The second-order valence-corrected chi connectivity index (χ2v) is 6.63. The standard InChI is InChI=1S/C21H14FN7O2/c1-12-24-10-18(31-12)20(30)26-14-5-6-16(22)15(8-14)19-27-21-25-9-13(11-29(21)28-19)17-4-2-3-7-23-17/h2-11H,1H3,(H,26,30). The summed E-state index contributed by atoms with van der Waals surface area (Å²) in [6.07, 6.45) is 6.35. The highest BCUT2D eigenvalue weighted by Crippen LogP contribution is 2.25. The molecule has 0 aliphatic rings. The predicted molar refractivity (Wildman–Crippen MR) is 109 cm³/mol. The molecule has 0 atom stereocenters. The van der Waals surface area contributed by atoms with E-state index in [1.165, 1.54) is 28.9 Å². The molecule has 10 heteroatoms. The predicted octanol–water partition coefficient (Wildman–Crippen LogP) is 3.54. The average molecular weight is 415 g/mol. The van der Waals surface area contributed by atoms with E-state index in [0.717, 1.165) is 11.3 Å². The molecular formula is C21H14FN7O2. The van der Waals surface area contributed by atoms with E-state index in [2.05, 4.69) is 30.4 Å². The van der Waals surface area contributed by atoms with E-state index in [-0.39, 0.29) is 17.1 Å². The molecule has 9 nitrogen and oxygen atoms in total. The molecule has 31 heavy (non-hydrogen) atoms. The highest BCUT2D eigenvalue weighted by molar-refractivity contribution is 6.02. The van der Waals surface area contributed by atoms with Gasteiger partial charge in [-0.2, -0.15) is 4.98 Å². The number of amides is 1. The maximum absolute atomic E-state index is 14.5. The molecule has 0 saturated heterocycles. The number of benzene rings is 1. The van der Waals surface area contributed by atoms with Crippen LogP contribution in [-0.4, -0.2) is 35.5 Å². The maximum atomic E-state index is 14.5. The van der Waals surface area contributed by atoms with E-state index in [4.69, 9.17) is 4.42 Å². The SMILES string of the molecule is Cc1ncc(C(=O)Nc2ccc(F)c(-c3nc4ncc(-c5ccccn5)cn4n3)c2)o1. The summed E-state index contributed by atoms with van der Waals surface area (Å²) < 4.78 is 21.2. The first-order valence-electron chi connectivity index (χ1n) is 9.24. The van der Waals surface area contributed by atoms with Crippen LogP contribution in [0.1, 0.15) is 16.4 Å². The number of carbonyl (C=O) groups excluding carboxylic acids is 1. The molecular weight excluding hydrogens is 401 g/mol. The molecule has 0 spiro atoms. The third kappa shape index (κ3) is 3.62. The minimum Gasteiger partial charge on any atom is -0.436 e. The second-order valence-electron chi connectivity index (χ2n) is 6.63. The fourth-order valence-electron chi connectivity index (χ4n) is 3.00. The normalized spacial score (nSPS) is 11.0. The van der Waals surface area contributed by atoms with Gasteiger partial charge in [0.1, 0.15) is 5.82 Å². The summed E-state index contributed by atoms with van der Waals surface area (Å²) in [5.74, 6) is -0.163. The number of nitrogens with zero attached hydrogens (tertiary/aromatic N) is 6. The fraction of sp³-hybridized carbons (Fsp3) is 0.0476. The Balaban J connectivity index is 1.48. The number of hydrogen-bond acceptors (Lipinski definition) is 7. The summed E-state index contributed by atoms with van der Waals surface area (Å²) in [7, 11) is 0. The molecule has 0 aliphatic carbocycles. The van der Waals surface area contributed by atoms with Crippen LogP contribution >= 0.6 is 0 Å². The van der Waals surface area contributed by atoms with Crippen molar-refractivity contribution in [1.82, 2.24) is 29.5 Å². The molecule has 4 aromatic heterocycles. The van der Waals surface area contributed by atoms with Gasteiger partial charge >= 0.3 is 0 Å². The second kappa shape index (κ2) is 7.41. The Labute approximate surface area is 174 Å². The van der Waals surface area contributed by atoms with Gasteiger partial charge in [0.15, 0.2) is 11.7 Å². The lowest BCUT2D eigenvalue weighted by molar-refractivity contribution is 0.0995. The third-order valence-electron chi connectivity index (χ3n) is 4.46. The molecule has 1 amide bonds. The molecule has 1 aromatic carbocycles.